The molecule has 1 fully saturated rings. The number of hydrogen-bond donors (Lipinski definition) is 2. The Morgan fingerprint density at radius 3 is 2.77 bits per heavy atom. The molecule has 0 aromatic heterocycles. The van der Waals surface area contributed by atoms with Crippen molar-refractivity contribution in [2.24, 2.45) is 11.1 Å². The average Bonchev–Trinajstić information content (AvgIpc) is 2.47. The van der Waals surface area contributed by atoms with E-state index in [4.69, 9.17) is 10.5 Å². The first-order valence-corrected chi connectivity index (χ1v) is 8.14. The molecule has 2 rings (SSSR count). The summed E-state index contributed by atoms with van der Waals surface area (Å²) in [6, 6.07) is 4.77. The van der Waals surface area contributed by atoms with Crippen molar-refractivity contribution >= 4 is 21.8 Å². The molecule has 2 atom stereocenters. The first-order chi connectivity index (χ1) is 10.2. The Balaban J connectivity index is 1.99. The second kappa shape index (κ2) is 6.26. The fraction of sp³-hybridized carbons (Fsp3) is 0.562. The van der Waals surface area contributed by atoms with Crippen LogP contribution in [0.2, 0.25) is 0 Å². The second-order valence-corrected chi connectivity index (χ2v) is 7.13. The monoisotopic (exact) mass is 372 g/mol. The Hall–Kier alpha value is -0.980. The molecule has 1 aromatic carbocycles. The third-order valence-corrected chi connectivity index (χ3v) is 5.32. The third-order valence-electron chi connectivity index (χ3n) is 4.67. The van der Waals surface area contributed by atoms with Crippen LogP contribution < -0.4 is 11.1 Å². The van der Waals surface area contributed by atoms with E-state index < -0.39 is 11.0 Å². The van der Waals surface area contributed by atoms with Crippen LogP contribution in [-0.2, 0) is 16.1 Å². The molecular weight excluding hydrogens is 351 g/mol. The van der Waals surface area contributed by atoms with Gasteiger partial charge in [0.05, 0.1) is 10.6 Å². The molecule has 0 aliphatic heterocycles. The van der Waals surface area contributed by atoms with Crippen molar-refractivity contribution in [3.8, 4) is 0 Å². The summed E-state index contributed by atoms with van der Waals surface area (Å²) in [6.07, 6.45) is 0.479. The molecule has 1 aliphatic carbocycles. The largest absolute Gasteiger partial charge is 0.378 e. The third kappa shape index (κ3) is 2.92. The quantitative estimate of drug-likeness (QED) is 0.834. The van der Waals surface area contributed by atoms with Crippen LogP contribution in [0.5, 0.6) is 0 Å². The fourth-order valence-corrected chi connectivity index (χ4v) is 3.06. The van der Waals surface area contributed by atoms with Gasteiger partial charge in [0.15, 0.2) is 0 Å². The number of carbonyl (C=O) groups is 1. The molecule has 0 radical (unpaired) electrons. The first-order valence-electron chi connectivity index (χ1n) is 7.35. The van der Waals surface area contributed by atoms with Crippen molar-refractivity contribution in [3.63, 3.8) is 0 Å². The van der Waals surface area contributed by atoms with E-state index in [0.29, 0.717) is 23.1 Å². The number of ether oxygens (including phenoxy) is 1. The highest BCUT2D eigenvalue weighted by molar-refractivity contribution is 9.10. The summed E-state index contributed by atoms with van der Waals surface area (Å²) >= 11 is 3.10. The number of nitrogens with two attached hydrogens (primary N) is 1. The highest BCUT2D eigenvalue weighted by atomic mass is 79.9. The minimum Gasteiger partial charge on any atom is -0.378 e. The molecule has 122 valence electrons. The van der Waals surface area contributed by atoms with Crippen LogP contribution in [0.4, 0.5) is 4.39 Å². The van der Waals surface area contributed by atoms with Crippen LogP contribution in [0, 0.1) is 11.2 Å². The standard InChI is InChI=1S/C16H22BrFN2O2/c1-4-22-13-8-16(19,15(13,2)3)14(21)20-9-10-5-6-11(17)12(18)7-10/h5-7,13H,4,8-9,19H2,1-3H3,(H,20,21). The molecule has 0 saturated heterocycles. The summed E-state index contributed by atoms with van der Waals surface area (Å²) in [5.74, 6) is -0.577. The van der Waals surface area contributed by atoms with Crippen LogP contribution in [0.1, 0.15) is 32.8 Å². The van der Waals surface area contributed by atoms with Crippen LogP contribution >= 0.6 is 15.9 Å². The van der Waals surface area contributed by atoms with Crippen LogP contribution in [0.25, 0.3) is 0 Å². The van der Waals surface area contributed by atoms with Gasteiger partial charge in [0.1, 0.15) is 11.4 Å². The van der Waals surface area contributed by atoms with Gasteiger partial charge in [0.25, 0.3) is 0 Å². The fourth-order valence-electron chi connectivity index (χ4n) is 2.81. The number of rotatable bonds is 5. The van der Waals surface area contributed by atoms with E-state index in [9.17, 15) is 9.18 Å². The van der Waals surface area contributed by atoms with Crippen molar-refractivity contribution < 1.29 is 13.9 Å². The Kier molecular flexibility index (Phi) is 4.94. The van der Waals surface area contributed by atoms with Gasteiger partial charge >= 0.3 is 0 Å². The van der Waals surface area contributed by atoms with Crippen molar-refractivity contribution in [1.82, 2.24) is 5.32 Å². The smallest absolute Gasteiger partial charge is 0.241 e. The highest BCUT2D eigenvalue weighted by Crippen LogP contribution is 2.49. The summed E-state index contributed by atoms with van der Waals surface area (Å²) < 4.78 is 19.5. The summed E-state index contributed by atoms with van der Waals surface area (Å²) in [7, 11) is 0. The minimum absolute atomic E-state index is 0.0154. The van der Waals surface area contributed by atoms with Crippen molar-refractivity contribution in [3.05, 3.63) is 34.1 Å². The van der Waals surface area contributed by atoms with E-state index in [0.717, 1.165) is 0 Å². The zero-order valence-corrected chi connectivity index (χ0v) is 14.7. The molecule has 4 nitrogen and oxygen atoms in total. The van der Waals surface area contributed by atoms with Gasteiger partial charge in [-0.3, -0.25) is 4.79 Å². The maximum Gasteiger partial charge on any atom is 0.241 e. The number of halogens is 2. The zero-order chi connectivity index (χ0) is 16.5. The van der Waals surface area contributed by atoms with Crippen LogP contribution in [0.15, 0.2) is 22.7 Å². The van der Waals surface area contributed by atoms with Gasteiger partial charge in [-0.1, -0.05) is 19.9 Å². The van der Waals surface area contributed by atoms with Gasteiger partial charge in [-0.2, -0.15) is 0 Å². The molecule has 1 amide bonds. The molecule has 1 saturated carbocycles. The van der Waals surface area contributed by atoms with E-state index in [1.807, 2.05) is 20.8 Å². The minimum atomic E-state index is -0.958. The maximum atomic E-state index is 13.5. The lowest BCUT2D eigenvalue weighted by molar-refractivity contribution is -0.170. The second-order valence-electron chi connectivity index (χ2n) is 6.27. The van der Waals surface area contributed by atoms with Crippen molar-refractivity contribution in [2.75, 3.05) is 6.61 Å². The summed E-state index contributed by atoms with van der Waals surface area (Å²) in [5, 5.41) is 2.80. The molecular formula is C16H22BrFN2O2. The Morgan fingerprint density at radius 2 is 2.23 bits per heavy atom. The number of amides is 1. The molecule has 1 aromatic rings. The van der Waals surface area contributed by atoms with Crippen LogP contribution in [0.3, 0.4) is 0 Å². The Labute approximate surface area is 138 Å². The molecule has 1 aliphatic rings. The number of nitrogens with one attached hydrogen (secondary N) is 1. The van der Waals surface area contributed by atoms with Gasteiger partial charge in [-0.05, 0) is 40.5 Å². The van der Waals surface area contributed by atoms with Gasteiger partial charge in [-0.25, -0.2) is 4.39 Å². The Bertz CT molecular complexity index is 579. The number of hydrogen-bond acceptors (Lipinski definition) is 3. The molecule has 3 N–H and O–H groups in total. The zero-order valence-electron chi connectivity index (χ0n) is 13.1. The Morgan fingerprint density at radius 1 is 1.55 bits per heavy atom. The molecule has 0 bridgehead atoms. The molecule has 0 heterocycles. The SMILES string of the molecule is CCOC1CC(N)(C(=O)NCc2ccc(Br)c(F)c2)C1(C)C. The predicted molar refractivity (Wildman–Crippen MR) is 86.7 cm³/mol. The van der Waals surface area contributed by atoms with E-state index >= 15 is 0 Å². The van der Waals surface area contributed by atoms with E-state index in [2.05, 4.69) is 21.2 Å². The topological polar surface area (TPSA) is 64.3 Å². The molecule has 22 heavy (non-hydrogen) atoms. The molecule has 2 unspecified atom stereocenters. The summed E-state index contributed by atoms with van der Waals surface area (Å²) in [4.78, 5) is 12.4. The predicted octanol–water partition coefficient (Wildman–Crippen LogP) is 2.74. The van der Waals surface area contributed by atoms with Crippen LogP contribution in [-0.4, -0.2) is 24.2 Å². The molecule has 6 heteroatoms. The maximum absolute atomic E-state index is 13.5. The van der Waals surface area contributed by atoms with Gasteiger partial charge in [0, 0.05) is 25.0 Å². The van der Waals surface area contributed by atoms with E-state index in [1.54, 1.807) is 12.1 Å². The van der Waals surface area contributed by atoms with Gasteiger partial charge in [-0.15, -0.1) is 0 Å². The lowest BCUT2D eigenvalue weighted by atomic mass is 9.54. The molecule has 0 spiro atoms. The summed E-state index contributed by atoms with van der Waals surface area (Å²) in [6.45, 7) is 6.65. The van der Waals surface area contributed by atoms with Gasteiger partial charge in [0.2, 0.25) is 5.91 Å². The first kappa shape index (κ1) is 17.4. The van der Waals surface area contributed by atoms with Gasteiger partial charge < -0.3 is 15.8 Å². The lowest BCUT2D eigenvalue weighted by Crippen LogP contribution is -2.75. The van der Waals surface area contributed by atoms with Crippen molar-refractivity contribution in [1.29, 1.82) is 0 Å². The average molecular weight is 373 g/mol. The van der Waals surface area contributed by atoms with Crippen molar-refractivity contribution in [2.45, 2.75) is 45.4 Å². The lowest BCUT2D eigenvalue weighted by Gasteiger charge is -2.57. The number of benzene rings is 1. The normalized spacial score (nSPS) is 26.4. The summed E-state index contributed by atoms with van der Waals surface area (Å²) in [5.41, 5.74) is 5.59. The number of carbonyl (C=O) groups excluding carboxylic acids is 1. The highest BCUT2D eigenvalue weighted by Gasteiger charge is 2.62. The van der Waals surface area contributed by atoms with E-state index in [1.165, 1.54) is 6.07 Å². The van der Waals surface area contributed by atoms with E-state index in [-0.39, 0.29) is 24.4 Å².